The van der Waals surface area contributed by atoms with Gasteiger partial charge in [-0.15, -0.1) is 0 Å². The average molecular weight is 243 g/mol. The Morgan fingerprint density at radius 2 is 2.31 bits per heavy atom. The van der Waals surface area contributed by atoms with Gasteiger partial charge in [0.1, 0.15) is 5.82 Å². The van der Waals surface area contributed by atoms with Crippen molar-refractivity contribution in [1.29, 1.82) is 0 Å². The van der Waals surface area contributed by atoms with Gasteiger partial charge in [-0.05, 0) is 24.6 Å². The van der Waals surface area contributed by atoms with Crippen LogP contribution in [-0.4, -0.2) is 13.1 Å². The van der Waals surface area contributed by atoms with Crippen LogP contribution in [0.3, 0.4) is 0 Å². The van der Waals surface area contributed by atoms with Crippen molar-refractivity contribution in [3.8, 4) is 0 Å². The lowest BCUT2D eigenvalue weighted by molar-refractivity contribution is 0.560. The lowest BCUT2D eigenvalue weighted by Crippen LogP contribution is -2.29. The Kier molecular flexibility index (Phi) is 4.93. The van der Waals surface area contributed by atoms with Crippen molar-refractivity contribution in [3.63, 3.8) is 0 Å². The SMILES string of the molecule is C=C(C)CNC(CN)c1ccc(Cl)c(F)c1. The maximum atomic E-state index is 13.3. The predicted molar refractivity (Wildman–Crippen MR) is 66.0 cm³/mol. The number of nitrogens with one attached hydrogen (secondary N) is 1. The largest absolute Gasteiger partial charge is 0.329 e. The molecule has 4 heteroatoms. The van der Waals surface area contributed by atoms with Crippen LogP contribution in [0.25, 0.3) is 0 Å². The standard InChI is InChI=1S/C12H16ClFN2/c1-8(2)7-16-12(6-15)9-3-4-10(13)11(14)5-9/h3-5,12,16H,1,6-7,15H2,2H3. The van der Waals surface area contributed by atoms with Gasteiger partial charge in [0, 0.05) is 19.1 Å². The monoisotopic (exact) mass is 242 g/mol. The summed E-state index contributed by atoms with van der Waals surface area (Å²) in [6.45, 7) is 6.76. The summed E-state index contributed by atoms with van der Waals surface area (Å²) in [6.07, 6.45) is 0. The summed E-state index contributed by atoms with van der Waals surface area (Å²) in [5.74, 6) is -0.422. The summed E-state index contributed by atoms with van der Waals surface area (Å²) in [5, 5.41) is 3.32. The molecule has 0 spiro atoms. The van der Waals surface area contributed by atoms with E-state index in [2.05, 4.69) is 11.9 Å². The van der Waals surface area contributed by atoms with Crippen molar-refractivity contribution in [3.05, 3.63) is 46.8 Å². The maximum Gasteiger partial charge on any atom is 0.142 e. The van der Waals surface area contributed by atoms with Crippen LogP contribution < -0.4 is 11.1 Å². The van der Waals surface area contributed by atoms with Crippen LogP contribution in [0.4, 0.5) is 4.39 Å². The minimum atomic E-state index is -0.422. The van der Waals surface area contributed by atoms with Crippen LogP contribution in [0.1, 0.15) is 18.5 Å². The van der Waals surface area contributed by atoms with Crippen molar-refractivity contribution in [2.45, 2.75) is 13.0 Å². The predicted octanol–water partition coefficient (Wildman–Crippen LogP) is 2.64. The number of hydrogen-bond donors (Lipinski definition) is 2. The third-order valence-corrected chi connectivity index (χ3v) is 2.54. The van der Waals surface area contributed by atoms with Crippen molar-refractivity contribution in [2.75, 3.05) is 13.1 Å². The van der Waals surface area contributed by atoms with Gasteiger partial charge in [0.05, 0.1) is 5.02 Å². The molecule has 88 valence electrons. The minimum absolute atomic E-state index is 0.0801. The molecule has 16 heavy (non-hydrogen) atoms. The molecule has 2 nitrogen and oxygen atoms in total. The minimum Gasteiger partial charge on any atom is -0.329 e. The van der Waals surface area contributed by atoms with Gasteiger partial charge in [-0.2, -0.15) is 0 Å². The van der Waals surface area contributed by atoms with Gasteiger partial charge in [-0.1, -0.05) is 29.8 Å². The highest BCUT2D eigenvalue weighted by atomic mass is 35.5. The van der Waals surface area contributed by atoms with Crippen LogP contribution in [0.2, 0.25) is 5.02 Å². The van der Waals surface area contributed by atoms with E-state index in [4.69, 9.17) is 17.3 Å². The van der Waals surface area contributed by atoms with Crippen molar-refractivity contribution >= 4 is 11.6 Å². The highest BCUT2D eigenvalue weighted by molar-refractivity contribution is 6.30. The molecule has 1 atom stereocenters. The Labute approximate surface area is 100 Å². The molecule has 3 N–H and O–H groups in total. The van der Waals surface area contributed by atoms with Crippen LogP contribution in [-0.2, 0) is 0 Å². The Bertz CT molecular complexity index is 379. The van der Waals surface area contributed by atoms with E-state index >= 15 is 0 Å². The van der Waals surface area contributed by atoms with Crippen LogP contribution in [0, 0.1) is 5.82 Å². The van der Waals surface area contributed by atoms with E-state index in [1.54, 1.807) is 6.07 Å². The van der Waals surface area contributed by atoms with Crippen LogP contribution >= 0.6 is 11.6 Å². The second-order valence-electron chi connectivity index (χ2n) is 3.80. The molecule has 0 aliphatic carbocycles. The molecule has 0 amide bonds. The number of rotatable bonds is 5. The molecule has 0 aliphatic rings. The molecule has 0 heterocycles. The van der Waals surface area contributed by atoms with E-state index in [0.717, 1.165) is 11.1 Å². The highest BCUT2D eigenvalue weighted by Crippen LogP contribution is 2.19. The molecule has 1 rings (SSSR count). The number of hydrogen-bond acceptors (Lipinski definition) is 2. The smallest absolute Gasteiger partial charge is 0.142 e. The van der Waals surface area contributed by atoms with E-state index in [1.165, 1.54) is 12.1 Å². The summed E-state index contributed by atoms with van der Waals surface area (Å²) in [5.41, 5.74) is 7.44. The number of nitrogens with two attached hydrogens (primary N) is 1. The van der Waals surface area contributed by atoms with Gasteiger partial charge in [0.25, 0.3) is 0 Å². The van der Waals surface area contributed by atoms with Gasteiger partial charge in [-0.3, -0.25) is 0 Å². The molecule has 0 aliphatic heterocycles. The first kappa shape index (κ1) is 13.2. The Hall–Kier alpha value is -0.900. The van der Waals surface area contributed by atoms with E-state index in [0.29, 0.717) is 13.1 Å². The fourth-order valence-corrected chi connectivity index (χ4v) is 1.48. The molecule has 0 fully saturated rings. The van der Waals surface area contributed by atoms with Crippen molar-refractivity contribution in [2.24, 2.45) is 5.73 Å². The quantitative estimate of drug-likeness (QED) is 0.779. The number of halogens is 2. The summed E-state index contributed by atoms with van der Waals surface area (Å²) in [6, 6.07) is 4.64. The second-order valence-corrected chi connectivity index (χ2v) is 4.21. The second kappa shape index (κ2) is 5.99. The molecule has 0 radical (unpaired) electrons. The third kappa shape index (κ3) is 3.59. The summed E-state index contributed by atoms with van der Waals surface area (Å²) in [7, 11) is 0. The lowest BCUT2D eigenvalue weighted by Gasteiger charge is -2.17. The summed E-state index contributed by atoms with van der Waals surface area (Å²) in [4.78, 5) is 0. The molecule has 0 saturated carbocycles. The third-order valence-electron chi connectivity index (χ3n) is 2.23. The lowest BCUT2D eigenvalue weighted by atomic mass is 10.1. The number of benzene rings is 1. The van der Waals surface area contributed by atoms with Gasteiger partial charge in [0.2, 0.25) is 0 Å². The molecule has 0 saturated heterocycles. The zero-order chi connectivity index (χ0) is 12.1. The first-order valence-electron chi connectivity index (χ1n) is 5.07. The fourth-order valence-electron chi connectivity index (χ4n) is 1.36. The fraction of sp³-hybridized carbons (Fsp3) is 0.333. The normalized spacial score (nSPS) is 12.5. The van der Waals surface area contributed by atoms with Gasteiger partial charge in [-0.25, -0.2) is 4.39 Å². The van der Waals surface area contributed by atoms with Crippen molar-refractivity contribution < 1.29 is 4.39 Å². The molecule has 0 bridgehead atoms. The van der Waals surface area contributed by atoms with E-state index in [-0.39, 0.29) is 11.1 Å². The van der Waals surface area contributed by atoms with E-state index in [9.17, 15) is 4.39 Å². The van der Waals surface area contributed by atoms with E-state index < -0.39 is 5.82 Å². The van der Waals surface area contributed by atoms with Crippen LogP contribution in [0.15, 0.2) is 30.4 Å². The summed E-state index contributed by atoms with van der Waals surface area (Å²) < 4.78 is 13.3. The molecular formula is C12H16ClFN2. The Balaban J connectivity index is 2.78. The Morgan fingerprint density at radius 1 is 1.62 bits per heavy atom. The topological polar surface area (TPSA) is 38.0 Å². The maximum absolute atomic E-state index is 13.3. The molecule has 1 aromatic rings. The molecule has 1 unspecified atom stereocenters. The zero-order valence-electron chi connectivity index (χ0n) is 9.26. The van der Waals surface area contributed by atoms with Gasteiger partial charge >= 0.3 is 0 Å². The van der Waals surface area contributed by atoms with Crippen LogP contribution in [0.5, 0.6) is 0 Å². The molecule has 0 aromatic heterocycles. The zero-order valence-corrected chi connectivity index (χ0v) is 10.0. The van der Waals surface area contributed by atoms with Gasteiger partial charge in [0.15, 0.2) is 0 Å². The first-order chi connectivity index (χ1) is 7.54. The summed E-state index contributed by atoms with van der Waals surface area (Å²) >= 11 is 5.62. The Morgan fingerprint density at radius 3 is 2.81 bits per heavy atom. The average Bonchev–Trinajstić information content (AvgIpc) is 2.23. The first-order valence-corrected chi connectivity index (χ1v) is 5.45. The molecular weight excluding hydrogens is 227 g/mol. The van der Waals surface area contributed by atoms with Gasteiger partial charge < -0.3 is 11.1 Å². The van der Waals surface area contributed by atoms with E-state index in [1.807, 2.05) is 6.92 Å². The van der Waals surface area contributed by atoms with Crippen molar-refractivity contribution in [1.82, 2.24) is 5.32 Å². The molecule has 1 aromatic carbocycles. The highest BCUT2D eigenvalue weighted by Gasteiger charge is 2.10.